The van der Waals surface area contributed by atoms with E-state index >= 15 is 0 Å². The van der Waals surface area contributed by atoms with E-state index < -0.39 is 5.97 Å². The number of nitrogens with zero attached hydrogens (tertiary/aromatic N) is 2. The summed E-state index contributed by atoms with van der Waals surface area (Å²) in [4.78, 5) is 30.0. The molecule has 0 saturated carbocycles. The van der Waals surface area contributed by atoms with E-state index in [-0.39, 0.29) is 18.2 Å². The number of ether oxygens (including phenoxy) is 2. The van der Waals surface area contributed by atoms with Crippen LogP contribution in [0.3, 0.4) is 0 Å². The quantitative estimate of drug-likeness (QED) is 0.612. The van der Waals surface area contributed by atoms with Crippen molar-refractivity contribution in [2.24, 2.45) is 0 Å². The molecule has 2 aromatic rings. The van der Waals surface area contributed by atoms with Crippen molar-refractivity contribution in [3.05, 3.63) is 41.9 Å². The molecule has 2 rings (SSSR count). The molecular formula is C17H20N4O5. The van der Waals surface area contributed by atoms with Gasteiger partial charge in [0.05, 0.1) is 19.5 Å². The third kappa shape index (κ3) is 5.33. The van der Waals surface area contributed by atoms with Crippen molar-refractivity contribution in [2.45, 2.75) is 13.5 Å². The molecule has 0 radical (unpaired) electrons. The van der Waals surface area contributed by atoms with Crippen LogP contribution in [0.5, 0.6) is 11.5 Å². The van der Waals surface area contributed by atoms with Gasteiger partial charge in [-0.15, -0.1) is 0 Å². The number of rotatable bonds is 9. The van der Waals surface area contributed by atoms with Crippen molar-refractivity contribution in [1.29, 1.82) is 0 Å². The third-order valence-electron chi connectivity index (χ3n) is 3.31. The average molecular weight is 360 g/mol. The van der Waals surface area contributed by atoms with E-state index in [9.17, 15) is 9.59 Å². The second-order valence-corrected chi connectivity index (χ2v) is 5.17. The number of amides is 1. The molecule has 1 heterocycles. The molecule has 0 unspecified atom stereocenters. The summed E-state index contributed by atoms with van der Waals surface area (Å²) in [5.41, 5.74) is 0.766. The molecule has 9 nitrogen and oxygen atoms in total. The molecule has 1 aromatic heterocycles. The van der Waals surface area contributed by atoms with Crippen LogP contribution in [0.25, 0.3) is 0 Å². The minimum absolute atomic E-state index is 0.0900. The predicted molar refractivity (Wildman–Crippen MR) is 93.5 cm³/mol. The Morgan fingerprint density at radius 3 is 2.62 bits per heavy atom. The molecule has 1 amide bonds. The Kier molecular flexibility index (Phi) is 6.72. The van der Waals surface area contributed by atoms with Crippen LogP contribution in [0.15, 0.2) is 30.6 Å². The number of anilines is 1. The Morgan fingerprint density at radius 1 is 1.19 bits per heavy atom. The number of carboxylic acids is 1. The first kappa shape index (κ1) is 19.0. The van der Waals surface area contributed by atoms with E-state index in [1.165, 1.54) is 19.5 Å². The van der Waals surface area contributed by atoms with Crippen molar-refractivity contribution in [1.82, 2.24) is 15.3 Å². The Labute approximate surface area is 150 Å². The fraction of sp³-hybridized carbons (Fsp3) is 0.294. The van der Waals surface area contributed by atoms with Crippen molar-refractivity contribution in [3.8, 4) is 11.5 Å². The molecular weight excluding hydrogens is 340 g/mol. The molecule has 0 aliphatic carbocycles. The summed E-state index contributed by atoms with van der Waals surface area (Å²) >= 11 is 0. The van der Waals surface area contributed by atoms with Crippen molar-refractivity contribution < 1.29 is 24.2 Å². The smallest absolute Gasteiger partial charge is 0.356 e. The maximum absolute atomic E-state index is 11.5. The Balaban J connectivity index is 1.97. The number of aromatic nitrogens is 2. The van der Waals surface area contributed by atoms with Gasteiger partial charge in [0.25, 0.3) is 5.91 Å². The number of carbonyl (C=O) groups excluding carboxylic acids is 1. The summed E-state index contributed by atoms with van der Waals surface area (Å²) < 4.78 is 10.8. The first-order chi connectivity index (χ1) is 12.5. The molecule has 0 saturated heterocycles. The normalized spacial score (nSPS) is 10.1. The lowest BCUT2D eigenvalue weighted by atomic mass is 10.2. The van der Waals surface area contributed by atoms with Gasteiger partial charge in [-0.3, -0.25) is 4.79 Å². The van der Waals surface area contributed by atoms with Crippen molar-refractivity contribution >= 4 is 17.7 Å². The predicted octanol–water partition coefficient (Wildman–Crippen LogP) is 1.31. The largest absolute Gasteiger partial charge is 0.493 e. The Bertz CT molecular complexity index is 764. The summed E-state index contributed by atoms with van der Waals surface area (Å²) in [6.45, 7) is 2.71. The Hall–Kier alpha value is -3.36. The summed E-state index contributed by atoms with van der Waals surface area (Å²) in [7, 11) is 1.52. The molecule has 0 atom stereocenters. The second kappa shape index (κ2) is 9.21. The number of benzene rings is 1. The monoisotopic (exact) mass is 360 g/mol. The fourth-order valence-corrected chi connectivity index (χ4v) is 2.06. The molecule has 0 fully saturated rings. The van der Waals surface area contributed by atoms with Gasteiger partial charge in [-0.05, 0) is 24.6 Å². The zero-order chi connectivity index (χ0) is 18.9. The van der Waals surface area contributed by atoms with Crippen LogP contribution < -0.4 is 20.1 Å². The summed E-state index contributed by atoms with van der Waals surface area (Å²) in [6.07, 6.45) is 2.54. The standard InChI is InChI=1S/C17H20N4O5/c1-3-18-16(22)10-26-13-5-4-11(6-14(13)25-2)7-20-15-9-19-12(8-21-15)17(23)24/h4-6,8-9H,3,7,10H2,1-2H3,(H,18,22)(H,20,21)(H,23,24). The molecule has 0 spiro atoms. The number of hydrogen-bond donors (Lipinski definition) is 3. The molecule has 9 heteroatoms. The van der Waals surface area contributed by atoms with E-state index in [0.717, 1.165) is 5.56 Å². The van der Waals surface area contributed by atoms with Crippen LogP contribution >= 0.6 is 0 Å². The first-order valence-corrected chi connectivity index (χ1v) is 7.89. The van der Waals surface area contributed by atoms with E-state index in [2.05, 4.69) is 20.6 Å². The van der Waals surface area contributed by atoms with Gasteiger partial charge >= 0.3 is 5.97 Å². The highest BCUT2D eigenvalue weighted by atomic mass is 16.5. The lowest BCUT2D eigenvalue weighted by Crippen LogP contribution is -2.28. The lowest BCUT2D eigenvalue weighted by Gasteiger charge is -2.12. The van der Waals surface area contributed by atoms with Gasteiger partial charge in [-0.2, -0.15) is 0 Å². The number of carbonyl (C=O) groups is 2. The van der Waals surface area contributed by atoms with E-state index in [0.29, 0.717) is 30.4 Å². The highest BCUT2D eigenvalue weighted by molar-refractivity contribution is 5.84. The Morgan fingerprint density at radius 2 is 2.00 bits per heavy atom. The van der Waals surface area contributed by atoms with Crippen LogP contribution in [0.1, 0.15) is 23.0 Å². The summed E-state index contributed by atoms with van der Waals surface area (Å²) in [5.74, 6) is 0.0835. The van der Waals surface area contributed by atoms with Crippen LogP contribution in [0, 0.1) is 0 Å². The minimum Gasteiger partial charge on any atom is -0.493 e. The SMILES string of the molecule is CCNC(=O)COc1ccc(CNc2cnc(C(=O)O)cn2)cc1OC. The zero-order valence-corrected chi connectivity index (χ0v) is 14.5. The number of carboxylic acid groups (broad SMARTS) is 1. The number of methoxy groups -OCH3 is 1. The molecule has 0 bridgehead atoms. The zero-order valence-electron chi connectivity index (χ0n) is 14.5. The fourth-order valence-electron chi connectivity index (χ4n) is 2.06. The van der Waals surface area contributed by atoms with E-state index in [1.807, 2.05) is 13.0 Å². The van der Waals surface area contributed by atoms with Crippen LogP contribution in [0.4, 0.5) is 5.82 Å². The van der Waals surface area contributed by atoms with Crippen molar-refractivity contribution in [3.63, 3.8) is 0 Å². The number of aromatic carboxylic acids is 1. The molecule has 0 aliphatic heterocycles. The molecule has 26 heavy (non-hydrogen) atoms. The summed E-state index contributed by atoms with van der Waals surface area (Å²) in [6, 6.07) is 5.31. The molecule has 1 aromatic carbocycles. The van der Waals surface area contributed by atoms with Gasteiger partial charge in [-0.1, -0.05) is 6.07 Å². The average Bonchev–Trinajstić information content (AvgIpc) is 2.65. The first-order valence-electron chi connectivity index (χ1n) is 7.89. The lowest BCUT2D eigenvalue weighted by molar-refractivity contribution is -0.123. The van der Waals surface area contributed by atoms with E-state index in [1.54, 1.807) is 12.1 Å². The number of hydrogen-bond acceptors (Lipinski definition) is 7. The van der Waals surface area contributed by atoms with Crippen LogP contribution in [-0.2, 0) is 11.3 Å². The van der Waals surface area contributed by atoms with Crippen LogP contribution in [-0.4, -0.2) is 47.2 Å². The van der Waals surface area contributed by atoms with Gasteiger partial charge in [0, 0.05) is 13.1 Å². The maximum atomic E-state index is 11.5. The van der Waals surface area contributed by atoms with Gasteiger partial charge < -0.3 is 25.2 Å². The van der Waals surface area contributed by atoms with Gasteiger partial charge in [0.1, 0.15) is 5.82 Å². The van der Waals surface area contributed by atoms with Gasteiger partial charge in [0.2, 0.25) is 0 Å². The number of nitrogens with one attached hydrogen (secondary N) is 2. The third-order valence-corrected chi connectivity index (χ3v) is 3.31. The highest BCUT2D eigenvalue weighted by Crippen LogP contribution is 2.28. The molecule has 138 valence electrons. The number of likely N-dealkylation sites (N-methyl/N-ethyl adjacent to an activating group) is 1. The molecule has 3 N–H and O–H groups in total. The maximum Gasteiger partial charge on any atom is 0.356 e. The van der Waals surface area contributed by atoms with Crippen LogP contribution in [0.2, 0.25) is 0 Å². The highest BCUT2D eigenvalue weighted by Gasteiger charge is 2.09. The second-order valence-electron chi connectivity index (χ2n) is 5.17. The van der Waals surface area contributed by atoms with Gasteiger partial charge in [0.15, 0.2) is 23.8 Å². The summed E-state index contributed by atoms with van der Waals surface area (Å²) in [5, 5.41) is 14.5. The minimum atomic E-state index is -1.13. The molecule has 0 aliphatic rings. The van der Waals surface area contributed by atoms with E-state index in [4.69, 9.17) is 14.6 Å². The van der Waals surface area contributed by atoms with Gasteiger partial charge in [-0.25, -0.2) is 14.8 Å². The van der Waals surface area contributed by atoms with Crippen molar-refractivity contribution in [2.75, 3.05) is 25.6 Å². The topological polar surface area (TPSA) is 123 Å².